The van der Waals surface area contributed by atoms with Crippen LogP contribution >= 0.6 is 15.8 Å². The molecule has 0 nitrogen and oxygen atoms in total. The molecule has 0 amide bonds. The maximum Gasteiger partial charge on any atom is -0.0323 e. The van der Waals surface area contributed by atoms with Gasteiger partial charge in [0.2, 0.25) is 0 Å². The molecule has 0 aliphatic carbocycles. The third-order valence-electron chi connectivity index (χ3n) is 2.85. The van der Waals surface area contributed by atoms with Gasteiger partial charge in [-0.1, -0.05) is 0 Å². The van der Waals surface area contributed by atoms with Crippen molar-refractivity contribution in [3.8, 4) is 0 Å². The first-order valence-electron chi connectivity index (χ1n) is 4.90. The van der Waals surface area contributed by atoms with Crippen molar-refractivity contribution in [3.05, 3.63) is 0 Å². The molecule has 11 heavy (non-hydrogen) atoms. The molecule has 0 saturated carbocycles. The Hall–Kier alpha value is 0.860. The van der Waals surface area contributed by atoms with Gasteiger partial charge in [0.25, 0.3) is 0 Å². The summed E-state index contributed by atoms with van der Waals surface area (Å²) in [5, 5.41) is 0. The van der Waals surface area contributed by atoms with Crippen LogP contribution in [-0.4, -0.2) is 37.0 Å². The second kappa shape index (κ2) is 4.20. The van der Waals surface area contributed by atoms with E-state index >= 15 is 0 Å². The highest BCUT2D eigenvalue weighted by Crippen LogP contribution is 2.50. The fourth-order valence-corrected chi connectivity index (χ4v) is 7.95. The van der Waals surface area contributed by atoms with Crippen molar-refractivity contribution < 1.29 is 0 Å². The summed E-state index contributed by atoms with van der Waals surface area (Å²) in [4.78, 5) is 0. The lowest BCUT2D eigenvalue weighted by molar-refractivity contribution is 0.958. The van der Waals surface area contributed by atoms with E-state index in [9.17, 15) is 0 Å². The summed E-state index contributed by atoms with van der Waals surface area (Å²) in [6, 6.07) is 0. The quantitative estimate of drug-likeness (QED) is 0.512. The molecule has 3 saturated heterocycles. The molecule has 3 fully saturated rings. The van der Waals surface area contributed by atoms with Gasteiger partial charge in [0.05, 0.1) is 0 Å². The molecule has 0 N–H and O–H groups in total. The van der Waals surface area contributed by atoms with Crippen molar-refractivity contribution in [2.45, 2.75) is 19.3 Å². The predicted octanol–water partition coefficient (Wildman–Crippen LogP) is 3.15. The van der Waals surface area contributed by atoms with Gasteiger partial charge >= 0.3 is 0 Å². The normalized spacial score (nSPS) is 39.3. The topological polar surface area (TPSA) is 0 Å². The molecular weight excluding hydrogens is 170 g/mol. The minimum atomic E-state index is 0.533. The molecule has 3 heterocycles. The van der Waals surface area contributed by atoms with Crippen LogP contribution in [0, 0.1) is 0 Å². The van der Waals surface area contributed by atoms with Crippen molar-refractivity contribution in [2.75, 3.05) is 37.0 Å². The molecule has 0 aromatic heterocycles. The Bertz CT molecular complexity index is 89.0. The van der Waals surface area contributed by atoms with Crippen LogP contribution < -0.4 is 0 Å². The average Bonchev–Trinajstić information content (AvgIpc) is 1.80. The van der Waals surface area contributed by atoms with Crippen LogP contribution in [0.5, 0.6) is 0 Å². The Morgan fingerprint density at radius 3 is 1.00 bits per heavy atom. The van der Waals surface area contributed by atoms with Crippen molar-refractivity contribution in [3.63, 3.8) is 0 Å². The van der Waals surface area contributed by atoms with E-state index in [-0.39, 0.29) is 0 Å². The summed E-state index contributed by atoms with van der Waals surface area (Å²) < 4.78 is 0. The molecule has 0 atom stereocenters. The van der Waals surface area contributed by atoms with Gasteiger partial charge in [-0.25, -0.2) is 0 Å². The Labute approximate surface area is 72.6 Å². The molecule has 0 aromatic carbocycles. The van der Waals surface area contributed by atoms with Crippen LogP contribution in [-0.2, 0) is 0 Å². The highest BCUT2D eigenvalue weighted by Gasteiger charge is 2.19. The first-order valence-corrected chi connectivity index (χ1v) is 8.69. The van der Waals surface area contributed by atoms with Gasteiger partial charge in [-0.3, -0.25) is 0 Å². The predicted molar refractivity (Wildman–Crippen MR) is 56.9 cm³/mol. The third kappa shape index (κ3) is 2.40. The lowest BCUT2D eigenvalue weighted by Crippen LogP contribution is -2.10. The number of hydrogen-bond donors (Lipinski definition) is 0. The van der Waals surface area contributed by atoms with E-state index < -0.39 is 0 Å². The Kier molecular flexibility index (Phi) is 3.23. The van der Waals surface area contributed by atoms with E-state index in [0.29, 0.717) is 15.8 Å². The molecule has 0 spiro atoms. The summed E-state index contributed by atoms with van der Waals surface area (Å²) >= 11 is 0. The minimum absolute atomic E-state index is 0.533. The molecule has 64 valence electrons. The van der Waals surface area contributed by atoms with Gasteiger partial charge in [0.1, 0.15) is 0 Å². The maximum absolute atomic E-state index is 1.63. The molecule has 2 bridgehead atoms. The smallest absolute Gasteiger partial charge is 0.0323 e. The number of rotatable bonds is 0. The fraction of sp³-hybridized carbons (Fsp3) is 1.00. The molecule has 0 radical (unpaired) electrons. The Morgan fingerprint density at radius 1 is 0.455 bits per heavy atom. The Morgan fingerprint density at radius 2 is 0.727 bits per heavy atom. The van der Waals surface area contributed by atoms with Crippen molar-refractivity contribution in [2.24, 2.45) is 0 Å². The first kappa shape index (κ1) is 8.46. The molecular formula is C9H18P2. The van der Waals surface area contributed by atoms with E-state index in [1.54, 1.807) is 56.2 Å². The zero-order valence-electron chi connectivity index (χ0n) is 7.26. The maximum atomic E-state index is 1.63. The van der Waals surface area contributed by atoms with Crippen LogP contribution in [0.4, 0.5) is 0 Å². The average molecular weight is 188 g/mol. The molecule has 3 aliphatic heterocycles. The van der Waals surface area contributed by atoms with E-state index in [4.69, 9.17) is 0 Å². The molecule has 0 unspecified atom stereocenters. The van der Waals surface area contributed by atoms with Gasteiger partial charge in [0, 0.05) is 0 Å². The third-order valence-corrected chi connectivity index (χ3v) is 8.54. The van der Waals surface area contributed by atoms with Crippen LogP contribution in [0.1, 0.15) is 19.3 Å². The monoisotopic (exact) mass is 188 g/mol. The van der Waals surface area contributed by atoms with Gasteiger partial charge in [-0.05, 0) is 56.2 Å². The van der Waals surface area contributed by atoms with E-state index in [2.05, 4.69) is 0 Å². The number of hydrogen-bond acceptors (Lipinski definition) is 0. The van der Waals surface area contributed by atoms with E-state index in [1.165, 1.54) is 0 Å². The van der Waals surface area contributed by atoms with Gasteiger partial charge in [0.15, 0.2) is 0 Å². The van der Waals surface area contributed by atoms with Crippen LogP contribution in [0.3, 0.4) is 0 Å². The first-order chi connectivity index (χ1) is 5.45. The number of fused-ring (bicyclic) bond motifs is 6. The summed E-state index contributed by atoms with van der Waals surface area (Å²) in [5.41, 5.74) is 0. The lowest BCUT2D eigenvalue weighted by Gasteiger charge is -2.29. The van der Waals surface area contributed by atoms with Crippen LogP contribution in [0.2, 0.25) is 0 Å². The zero-order chi connectivity index (χ0) is 7.52. The second-order valence-electron chi connectivity index (χ2n) is 3.74. The van der Waals surface area contributed by atoms with Crippen LogP contribution in [0.25, 0.3) is 0 Å². The van der Waals surface area contributed by atoms with E-state index in [0.717, 1.165) is 0 Å². The lowest BCUT2D eigenvalue weighted by atomic mass is 10.5. The standard InChI is InChI=1S/C9H18P2/c1-4-10-6-2-7-11(5-1)9-3-8-10/h1-9H2. The second-order valence-corrected chi connectivity index (χ2v) is 9.11. The summed E-state index contributed by atoms with van der Waals surface area (Å²) in [7, 11) is 1.07. The SMILES string of the molecule is C1CP2CCCP(C1)CCC2. The summed E-state index contributed by atoms with van der Waals surface area (Å²) in [6.45, 7) is 0. The van der Waals surface area contributed by atoms with Crippen molar-refractivity contribution in [1.29, 1.82) is 0 Å². The molecule has 3 rings (SSSR count). The largest absolute Gasteiger partial charge is 0.107 e. The van der Waals surface area contributed by atoms with E-state index in [1.807, 2.05) is 0 Å². The zero-order valence-corrected chi connectivity index (χ0v) is 9.05. The van der Waals surface area contributed by atoms with Crippen LogP contribution in [0.15, 0.2) is 0 Å². The summed E-state index contributed by atoms with van der Waals surface area (Å²) in [5.74, 6) is 0. The highest BCUT2D eigenvalue weighted by molar-refractivity contribution is 7.60. The molecule has 3 aliphatic rings. The van der Waals surface area contributed by atoms with Crippen molar-refractivity contribution >= 4 is 15.8 Å². The van der Waals surface area contributed by atoms with Crippen molar-refractivity contribution in [1.82, 2.24) is 0 Å². The van der Waals surface area contributed by atoms with Gasteiger partial charge < -0.3 is 0 Å². The van der Waals surface area contributed by atoms with Gasteiger partial charge in [-0.15, -0.1) is 15.8 Å². The molecule has 2 heteroatoms. The molecule has 0 aromatic rings. The highest BCUT2D eigenvalue weighted by atomic mass is 31.1. The van der Waals surface area contributed by atoms with Gasteiger partial charge in [-0.2, -0.15) is 0 Å². The summed E-state index contributed by atoms with van der Waals surface area (Å²) in [6.07, 6.45) is 14.6. The minimum Gasteiger partial charge on any atom is -0.107 e. The Balaban J connectivity index is 1.96. The fourth-order valence-electron chi connectivity index (χ4n) is 2.22.